The first-order chi connectivity index (χ1) is 9.41. The van der Waals surface area contributed by atoms with E-state index in [2.05, 4.69) is 35.7 Å². The van der Waals surface area contributed by atoms with Gasteiger partial charge in [-0.1, -0.05) is 38.1 Å². The van der Waals surface area contributed by atoms with Crippen LogP contribution in [0.5, 0.6) is 0 Å². The Kier molecular flexibility index (Phi) is 4.45. The molecule has 0 radical (unpaired) electrons. The molecule has 2 rings (SSSR count). The molecule has 0 aliphatic rings. The maximum Gasteiger partial charge on any atom is 0.234 e. The maximum absolute atomic E-state index is 11.5. The summed E-state index contributed by atoms with van der Waals surface area (Å²) in [5.74, 6) is 0.539. The van der Waals surface area contributed by atoms with Crippen LogP contribution in [0.15, 0.2) is 29.6 Å². The van der Waals surface area contributed by atoms with Gasteiger partial charge in [0.1, 0.15) is 0 Å². The largest absolute Gasteiger partial charge is 0.259 e. The van der Waals surface area contributed by atoms with Crippen LogP contribution in [0.25, 0.3) is 11.3 Å². The van der Waals surface area contributed by atoms with Gasteiger partial charge < -0.3 is 0 Å². The summed E-state index contributed by atoms with van der Waals surface area (Å²) in [6, 6.07) is 8.19. The summed E-state index contributed by atoms with van der Waals surface area (Å²) in [5.41, 5.74) is 3.06. The molecule has 0 fully saturated rings. The SMILES string of the molecule is CCS(=O)(=O)Nc1nc(-c2ccc(C(C)C)cc2)cs1. The first-order valence-corrected chi connectivity index (χ1v) is 9.01. The van der Waals surface area contributed by atoms with Gasteiger partial charge in [0.15, 0.2) is 5.13 Å². The van der Waals surface area contributed by atoms with Crippen molar-refractivity contribution in [2.45, 2.75) is 26.7 Å². The molecule has 0 bridgehead atoms. The third-order valence-electron chi connectivity index (χ3n) is 3.00. The fourth-order valence-corrected chi connectivity index (χ4v) is 3.29. The normalized spacial score (nSPS) is 11.8. The molecule has 1 aromatic carbocycles. The van der Waals surface area contributed by atoms with E-state index in [1.54, 1.807) is 6.92 Å². The predicted molar refractivity (Wildman–Crippen MR) is 84.7 cm³/mol. The van der Waals surface area contributed by atoms with Gasteiger partial charge in [0.2, 0.25) is 10.0 Å². The fraction of sp³-hybridized carbons (Fsp3) is 0.357. The molecule has 0 spiro atoms. The summed E-state index contributed by atoms with van der Waals surface area (Å²) in [6.45, 7) is 5.90. The van der Waals surface area contributed by atoms with E-state index in [-0.39, 0.29) is 5.75 Å². The number of rotatable bonds is 5. The zero-order valence-electron chi connectivity index (χ0n) is 11.8. The van der Waals surface area contributed by atoms with Gasteiger partial charge >= 0.3 is 0 Å². The summed E-state index contributed by atoms with van der Waals surface area (Å²) < 4.78 is 25.4. The van der Waals surface area contributed by atoms with Gasteiger partial charge in [0.05, 0.1) is 11.4 Å². The van der Waals surface area contributed by atoms with Gasteiger partial charge in [-0.3, -0.25) is 4.72 Å². The Morgan fingerprint density at radius 3 is 2.45 bits per heavy atom. The lowest BCUT2D eigenvalue weighted by molar-refractivity contribution is 0.602. The molecule has 0 aliphatic carbocycles. The summed E-state index contributed by atoms with van der Waals surface area (Å²) in [4.78, 5) is 4.32. The first kappa shape index (κ1) is 15.0. The zero-order valence-corrected chi connectivity index (χ0v) is 13.4. The molecule has 4 nitrogen and oxygen atoms in total. The van der Waals surface area contributed by atoms with Crippen molar-refractivity contribution >= 4 is 26.5 Å². The van der Waals surface area contributed by atoms with Gasteiger partial charge in [-0.05, 0) is 18.4 Å². The van der Waals surface area contributed by atoms with Gasteiger partial charge in [-0.2, -0.15) is 0 Å². The lowest BCUT2D eigenvalue weighted by atomic mass is 10.0. The van der Waals surface area contributed by atoms with Crippen molar-refractivity contribution in [3.63, 3.8) is 0 Å². The Bertz CT molecular complexity index is 673. The van der Waals surface area contributed by atoms with E-state index >= 15 is 0 Å². The number of aromatic nitrogens is 1. The van der Waals surface area contributed by atoms with Gasteiger partial charge in [0.25, 0.3) is 0 Å². The molecular weight excluding hydrogens is 292 g/mol. The molecule has 108 valence electrons. The summed E-state index contributed by atoms with van der Waals surface area (Å²) in [5, 5.41) is 2.27. The number of sulfonamides is 1. The third kappa shape index (κ3) is 3.58. The van der Waals surface area contributed by atoms with E-state index in [0.717, 1.165) is 11.3 Å². The van der Waals surface area contributed by atoms with Crippen molar-refractivity contribution < 1.29 is 8.42 Å². The van der Waals surface area contributed by atoms with Crippen LogP contribution in [0.2, 0.25) is 0 Å². The molecule has 2 aromatic rings. The minimum Gasteiger partial charge on any atom is -0.259 e. The van der Waals surface area contributed by atoms with E-state index in [0.29, 0.717) is 11.0 Å². The van der Waals surface area contributed by atoms with Crippen LogP contribution in [0, 0.1) is 0 Å². The Balaban J connectivity index is 2.20. The molecule has 20 heavy (non-hydrogen) atoms. The molecular formula is C14H18N2O2S2. The molecule has 0 saturated heterocycles. The highest BCUT2D eigenvalue weighted by Crippen LogP contribution is 2.26. The first-order valence-electron chi connectivity index (χ1n) is 6.47. The monoisotopic (exact) mass is 310 g/mol. The van der Waals surface area contributed by atoms with E-state index in [9.17, 15) is 8.42 Å². The van der Waals surface area contributed by atoms with Crippen LogP contribution in [0.1, 0.15) is 32.3 Å². The summed E-state index contributed by atoms with van der Waals surface area (Å²) in [6.07, 6.45) is 0. The quantitative estimate of drug-likeness (QED) is 0.916. The molecule has 0 unspecified atom stereocenters. The smallest absolute Gasteiger partial charge is 0.234 e. The van der Waals surface area contributed by atoms with Crippen LogP contribution in [-0.4, -0.2) is 19.2 Å². The van der Waals surface area contributed by atoms with Crippen molar-refractivity contribution in [3.8, 4) is 11.3 Å². The molecule has 1 aromatic heterocycles. The molecule has 1 N–H and O–H groups in total. The standard InChI is InChI=1S/C14H18N2O2S2/c1-4-20(17,18)16-14-15-13(9-19-14)12-7-5-11(6-8-12)10(2)3/h5-10H,4H2,1-3H3,(H,15,16). The maximum atomic E-state index is 11.5. The Hall–Kier alpha value is -1.40. The molecule has 1 heterocycles. The molecule has 0 amide bonds. The van der Waals surface area contributed by atoms with Crippen molar-refractivity contribution in [2.75, 3.05) is 10.5 Å². The van der Waals surface area contributed by atoms with Crippen LogP contribution >= 0.6 is 11.3 Å². The van der Waals surface area contributed by atoms with Crippen LogP contribution in [0.4, 0.5) is 5.13 Å². The predicted octanol–water partition coefficient (Wildman–Crippen LogP) is 3.70. The van der Waals surface area contributed by atoms with Crippen LogP contribution in [0.3, 0.4) is 0 Å². The second kappa shape index (κ2) is 5.93. The second-order valence-corrected chi connectivity index (χ2v) is 7.69. The van der Waals surface area contributed by atoms with Crippen LogP contribution < -0.4 is 4.72 Å². The molecule has 0 saturated carbocycles. The van der Waals surface area contributed by atoms with Gasteiger partial charge in [-0.15, -0.1) is 11.3 Å². The van der Waals surface area contributed by atoms with E-state index in [1.807, 2.05) is 17.5 Å². The Morgan fingerprint density at radius 1 is 1.25 bits per heavy atom. The topological polar surface area (TPSA) is 59.1 Å². The average Bonchev–Trinajstić information content (AvgIpc) is 2.86. The molecule has 0 atom stereocenters. The summed E-state index contributed by atoms with van der Waals surface area (Å²) in [7, 11) is -3.26. The van der Waals surface area contributed by atoms with E-state index in [1.165, 1.54) is 16.9 Å². The minimum absolute atomic E-state index is 0.0466. The van der Waals surface area contributed by atoms with Crippen molar-refractivity contribution in [3.05, 3.63) is 35.2 Å². The molecule has 0 aliphatic heterocycles. The average molecular weight is 310 g/mol. The van der Waals surface area contributed by atoms with Gasteiger partial charge in [-0.25, -0.2) is 13.4 Å². The number of benzene rings is 1. The van der Waals surface area contributed by atoms with Crippen molar-refractivity contribution in [1.82, 2.24) is 4.98 Å². The van der Waals surface area contributed by atoms with Crippen molar-refractivity contribution in [2.24, 2.45) is 0 Å². The number of anilines is 1. The number of hydrogen-bond acceptors (Lipinski definition) is 4. The Labute approximate surface area is 123 Å². The van der Waals surface area contributed by atoms with Crippen molar-refractivity contribution in [1.29, 1.82) is 0 Å². The van der Waals surface area contributed by atoms with E-state index in [4.69, 9.17) is 0 Å². The number of hydrogen-bond donors (Lipinski definition) is 1. The third-order valence-corrected chi connectivity index (χ3v) is 5.15. The highest BCUT2D eigenvalue weighted by Gasteiger charge is 2.11. The lowest BCUT2D eigenvalue weighted by Gasteiger charge is -2.05. The number of nitrogens with zero attached hydrogens (tertiary/aromatic N) is 1. The second-order valence-electron chi connectivity index (χ2n) is 4.82. The molecule has 6 heteroatoms. The summed E-state index contributed by atoms with van der Waals surface area (Å²) >= 11 is 1.30. The van der Waals surface area contributed by atoms with Gasteiger partial charge in [0, 0.05) is 10.9 Å². The Morgan fingerprint density at radius 2 is 1.90 bits per heavy atom. The zero-order chi connectivity index (χ0) is 14.8. The number of thiazole rings is 1. The number of nitrogens with one attached hydrogen (secondary N) is 1. The minimum atomic E-state index is -3.26. The van der Waals surface area contributed by atoms with E-state index < -0.39 is 10.0 Å². The fourth-order valence-electron chi connectivity index (χ4n) is 1.70. The highest BCUT2D eigenvalue weighted by atomic mass is 32.2. The van der Waals surface area contributed by atoms with Crippen LogP contribution in [-0.2, 0) is 10.0 Å². The lowest BCUT2D eigenvalue weighted by Crippen LogP contribution is -2.14. The highest BCUT2D eigenvalue weighted by molar-refractivity contribution is 7.92.